The molecule has 1 aromatic carbocycles. The molecule has 1 aromatic heterocycles. The van der Waals surface area contributed by atoms with E-state index in [1.54, 1.807) is 6.07 Å². The summed E-state index contributed by atoms with van der Waals surface area (Å²) < 4.78 is 0. The average molecular weight is 268 g/mol. The van der Waals surface area contributed by atoms with Gasteiger partial charge in [-0.1, -0.05) is 19.1 Å². The van der Waals surface area contributed by atoms with Gasteiger partial charge >= 0.3 is 0 Å². The lowest BCUT2D eigenvalue weighted by atomic mass is 9.87. The fourth-order valence-corrected chi connectivity index (χ4v) is 2.98. The predicted octanol–water partition coefficient (Wildman–Crippen LogP) is 2.66. The summed E-state index contributed by atoms with van der Waals surface area (Å²) in [5.41, 5.74) is 10.5. The molecule has 1 aliphatic heterocycles. The van der Waals surface area contributed by atoms with Gasteiger partial charge in [0.1, 0.15) is 5.82 Å². The Hall–Kier alpha value is -1.94. The van der Waals surface area contributed by atoms with Crippen LogP contribution in [-0.4, -0.2) is 28.7 Å². The van der Waals surface area contributed by atoms with E-state index in [1.807, 2.05) is 6.07 Å². The van der Waals surface area contributed by atoms with Crippen molar-refractivity contribution in [1.29, 1.82) is 0 Å². The number of hydrogen-bond acceptors (Lipinski definition) is 4. The SMILES string of the molecule is CCC1CN(C)Cc2cc(-c3ccc(N)nn3)ccc21. The largest absolute Gasteiger partial charge is 0.382 e. The molecule has 1 aliphatic rings. The highest BCUT2D eigenvalue weighted by Gasteiger charge is 2.22. The Morgan fingerprint density at radius 1 is 1.25 bits per heavy atom. The quantitative estimate of drug-likeness (QED) is 0.909. The number of fused-ring (bicyclic) bond motifs is 1. The number of aromatic nitrogens is 2. The van der Waals surface area contributed by atoms with Gasteiger partial charge in [-0.25, -0.2) is 0 Å². The van der Waals surface area contributed by atoms with Crippen LogP contribution in [0.5, 0.6) is 0 Å². The van der Waals surface area contributed by atoms with E-state index in [2.05, 4.69) is 47.3 Å². The van der Waals surface area contributed by atoms with Gasteiger partial charge in [-0.05, 0) is 48.7 Å². The Morgan fingerprint density at radius 3 is 2.80 bits per heavy atom. The van der Waals surface area contributed by atoms with Gasteiger partial charge in [0.2, 0.25) is 0 Å². The van der Waals surface area contributed by atoms with Gasteiger partial charge in [0.05, 0.1) is 5.69 Å². The van der Waals surface area contributed by atoms with Crippen molar-refractivity contribution in [3.8, 4) is 11.3 Å². The minimum absolute atomic E-state index is 0.456. The minimum Gasteiger partial charge on any atom is -0.382 e. The van der Waals surface area contributed by atoms with Gasteiger partial charge in [-0.15, -0.1) is 10.2 Å². The van der Waals surface area contributed by atoms with E-state index < -0.39 is 0 Å². The van der Waals surface area contributed by atoms with E-state index in [9.17, 15) is 0 Å². The highest BCUT2D eigenvalue weighted by Crippen LogP contribution is 2.32. The molecule has 104 valence electrons. The van der Waals surface area contributed by atoms with E-state index in [1.165, 1.54) is 17.5 Å². The highest BCUT2D eigenvalue weighted by atomic mass is 15.1. The van der Waals surface area contributed by atoms with Crippen LogP contribution in [-0.2, 0) is 6.54 Å². The zero-order chi connectivity index (χ0) is 14.1. The number of nitrogens with two attached hydrogens (primary N) is 1. The van der Waals surface area contributed by atoms with Crippen LogP contribution in [0.4, 0.5) is 5.82 Å². The van der Waals surface area contributed by atoms with Gasteiger partial charge < -0.3 is 10.6 Å². The summed E-state index contributed by atoms with van der Waals surface area (Å²) >= 11 is 0. The zero-order valence-corrected chi connectivity index (χ0v) is 12.0. The molecule has 0 bridgehead atoms. The first-order valence-electron chi connectivity index (χ1n) is 7.08. The van der Waals surface area contributed by atoms with Crippen LogP contribution in [0.15, 0.2) is 30.3 Å². The lowest BCUT2D eigenvalue weighted by Crippen LogP contribution is -2.30. The highest BCUT2D eigenvalue weighted by molar-refractivity contribution is 5.61. The summed E-state index contributed by atoms with van der Waals surface area (Å²) in [6, 6.07) is 10.4. The number of benzene rings is 1. The van der Waals surface area contributed by atoms with Crippen LogP contribution >= 0.6 is 0 Å². The third-order valence-corrected chi connectivity index (χ3v) is 4.03. The standard InChI is InChI=1S/C16H20N4/c1-3-11-9-20(2)10-13-8-12(4-5-14(11)13)15-6-7-16(17)19-18-15/h4-8,11H,3,9-10H2,1-2H3,(H2,17,19). The first-order valence-corrected chi connectivity index (χ1v) is 7.08. The molecule has 0 saturated heterocycles. The average Bonchev–Trinajstić information content (AvgIpc) is 2.46. The summed E-state index contributed by atoms with van der Waals surface area (Å²) in [6.45, 7) is 4.40. The Bertz CT molecular complexity index is 606. The summed E-state index contributed by atoms with van der Waals surface area (Å²) in [7, 11) is 2.18. The molecule has 4 heteroatoms. The van der Waals surface area contributed by atoms with Crippen molar-refractivity contribution in [2.75, 3.05) is 19.3 Å². The van der Waals surface area contributed by atoms with Crippen LogP contribution < -0.4 is 5.73 Å². The van der Waals surface area contributed by atoms with Crippen molar-refractivity contribution in [3.63, 3.8) is 0 Å². The molecular weight excluding hydrogens is 248 g/mol. The molecule has 2 aromatic rings. The van der Waals surface area contributed by atoms with Crippen molar-refractivity contribution < 1.29 is 0 Å². The Labute approximate surface area is 119 Å². The maximum absolute atomic E-state index is 5.59. The van der Waals surface area contributed by atoms with E-state index in [0.29, 0.717) is 11.7 Å². The molecule has 1 atom stereocenters. The first kappa shape index (κ1) is 13.1. The summed E-state index contributed by atoms with van der Waals surface area (Å²) in [4.78, 5) is 2.38. The van der Waals surface area contributed by atoms with Crippen LogP contribution in [0.25, 0.3) is 11.3 Å². The molecule has 0 amide bonds. The van der Waals surface area contributed by atoms with Crippen molar-refractivity contribution >= 4 is 5.82 Å². The van der Waals surface area contributed by atoms with Crippen molar-refractivity contribution in [1.82, 2.24) is 15.1 Å². The van der Waals surface area contributed by atoms with Crippen molar-refractivity contribution in [3.05, 3.63) is 41.5 Å². The molecule has 0 saturated carbocycles. The number of nitrogen functional groups attached to an aromatic ring is 1. The number of hydrogen-bond donors (Lipinski definition) is 1. The summed E-state index contributed by atoms with van der Waals surface area (Å²) in [5.74, 6) is 1.09. The molecule has 0 fully saturated rings. The van der Waals surface area contributed by atoms with Crippen molar-refractivity contribution in [2.45, 2.75) is 25.8 Å². The minimum atomic E-state index is 0.456. The molecule has 2 N–H and O–H groups in total. The number of likely N-dealkylation sites (N-methyl/N-ethyl adjacent to an activating group) is 1. The molecule has 3 rings (SSSR count). The fourth-order valence-electron chi connectivity index (χ4n) is 2.98. The second-order valence-corrected chi connectivity index (χ2v) is 5.56. The molecule has 0 spiro atoms. The summed E-state index contributed by atoms with van der Waals surface area (Å²) in [5, 5.41) is 8.10. The third-order valence-electron chi connectivity index (χ3n) is 4.03. The Kier molecular flexibility index (Phi) is 3.40. The molecular formula is C16H20N4. The van der Waals surface area contributed by atoms with E-state index >= 15 is 0 Å². The summed E-state index contributed by atoms with van der Waals surface area (Å²) in [6.07, 6.45) is 1.18. The maximum atomic E-state index is 5.59. The van der Waals surface area contributed by atoms with E-state index in [0.717, 1.165) is 24.3 Å². The molecule has 1 unspecified atom stereocenters. The van der Waals surface area contributed by atoms with E-state index in [4.69, 9.17) is 5.73 Å². The Balaban J connectivity index is 2.00. The lowest BCUT2D eigenvalue weighted by Gasteiger charge is -2.32. The monoisotopic (exact) mass is 268 g/mol. The number of anilines is 1. The first-order chi connectivity index (χ1) is 9.67. The number of nitrogens with zero attached hydrogens (tertiary/aromatic N) is 3. The molecule has 4 nitrogen and oxygen atoms in total. The Morgan fingerprint density at radius 2 is 2.10 bits per heavy atom. The number of rotatable bonds is 2. The second kappa shape index (κ2) is 5.21. The van der Waals surface area contributed by atoms with Gasteiger partial charge in [0.25, 0.3) is 0 Å². The molecule has 0 radical (unpaired) electrons. The smallest absolute Gasteiger partial charge is 0.146 e. The maximum Gasteiger partial charge on any atom is 0.146 e. The van der Waals surface area contributed by atoms with Crippen LogP contribution in [0.1, 0.15) is 30.4 Å². The van der Waals surface area contributed by atoms with Gasteiger partial charge in [0.15, 0.2) is 0 Å². The molecule has 0 aliphatic carbocycles. The molecule has 2 heterocycles. The predicted molar refractivity (Wildman–Crippen MR) is 81.2 cm³/mol. The topological polar surface area (TPSA) is 55.0 Å². The van der Waals surface area contributed by atoms with Gasteiger partial charge in [0, 0.05) is 18.7 Å². The van der Waals surface area contributed by atoms with Crippen LogP contribution in [0.2, 0.25) is 0 Å². The zero-order valence-electron chi connectivity index (χ0n) is 12.0. The molecule has 20 heavy (non-hydrogen) atoms. The third kappa shape index (κ3) is 2.39. The van der Waals surface area contributed by atoms with Gasteiger partial charge in [-0.3, -0.25) is 0 Å². The fraction of sp³-hybridized carbons (Fsp3) is 0.375. The lowest BCUT2D eigenvalue weighted by molar-refractivity contribution is 0.278. The van der Waals surface area contributed by atoms with Gasteiger partial charge in [-0.2, -0.15) is 0 Å². The normalized spacial score (nSPS) is 18.8. The van der Waals surface area contributed by atoms with Crippen molar-refractivity contribution in [2.24, 2.45) is 0 Å². The van der Waals surface area contributed by atoms with Crippen LogP contribution in [0, 0.1) is 0 Å². The second-order valence-electron chi connectivity index (χ2n) is 5.56. The van der Waals surface area contributed by atoms with E-state index in [-0.39, 0.29) is 0 Å². The van der Waals surface area contributed by atoms with Crippen LogP contribution in [0.3, 0.4) is 0 Å².